The Hall–Kier alpha value is -1.03. The lowest BCUT2D eigenvalue weighted by Gasteiger charge is -2.29. The molecular weight excluding hydrogens is 277 g/mol. The van der Waals surface area contributed by atoms with E-state index in [4.69, 9.17) is 0 Å². The Bertz CT molecular complexity index is 465. The first-order valence-corrected chi connectivity index (χ1v) is 7.70. The number of alkyl halides is 2. The molecule has 1 aliphatic rings. The fourth-order valence-corrected chi connectivity index (χ4v) is 3.32. The monoisotopic (exact) mass is 300 g/mol. The van der Waals surface area contributed by atoms with Gasteiger partial charge in [-0.25, -0.2) is 4.39 Å². The number of benzene rings is 1. The number of ether oxygens (including phenoxy) is 1. The van der Waals surface area contributed by atoms with Gasteiger partial charge in [-0.2, -0.15) is 8.78 Å². The van der Waals surface area contributed by atoms with E-state index < -0.39 is 17.5 Å². The van der Waals surface area contributed by atoms with Gasteiger partial charge in [0.05, 0.1) is 5.56 Å². The molecule has 21 heavy (non-hydrogen) atoms. The van der Waals surface area contributed by atoms with Crippen molar-refractivity contribution >= 4 is 0 Å². The van der Waals surface area contributed by atoms with Gasteiger partial charge in [0.1, 0.15) is 5.82 Å². The van der Waals surface area contributed by atoms with Crippen LogP contribution in [0.25, 0.3) is 0 Å². The van der Waals surface area contributed by atoms with Gasteiger partial charge >= 0.3 is 6.11 Å². The first-order valence-electron chi connectivity index (χ1n) is 7.70. The second kappa shape index (κ2) is 6.82. The molecule has 0 aliphatic heterocycles. The van der Waals surface area contributed by atoms with Crippen molar-refractivity contribution in [2.75, 3.05) is 7.11 Å². The third-order valence-corrected chi connectivity index (χ3v) is 4.58. The molecule has 0 saturated heterocycles. The highest BCUT2D eigenvalue weighted by molar-refractivity contribution is 5.29. The Labute approximate surface area is 124 Å². The van der Waals surface area contributed by atoms with Gasteiger partial charge in [-0.1, -0.05) is 25.8 Å². The van der Waals surface area contributed by atoms with Crippen LogP contribution in [-0.4, -0.2) is 7.11 Å². The Morgan fingerprint density at radius 2 is 1.86 bits per heavy atom. The lowest BCUT2D eigenvalue weighted by Crippen LogP contribution is -2.18. The Kier molecular flexibility index (Phi) is 5.31. The minimum Gasteiger partial charge on any atom is -0.320 e. The van der Waals surface area contributed by atoms with Crippen LogP contribution in [0.3, 0.4) is 0 Å². The van der Waals surface area contributed by atoms with E-state index in [-0.39, 0.29) is 5.92 Å². The van der Waals surface area contributed by atoms with Crippen LogP contribution in [-0.2, 0) is 10.8 Å². The van der Waals surface area contributed by atoms with Gasteiger partial charge in [0, 0.05) is 7.11 Å². The molecule has 4 heteroatoms. The smallest absolute Gasteiger partial charge is 0.320 e. The third kappa shape index (κ3) is 3.79. The molecule has 0 spiro atoms. The SMILES string of the molecule is CCCC1CCC(c2ccc(C(F)(F)OC)c(F)c2)CC1. The average molecular weight is 300 g/mol. The zero-order valence-electron chi connectivity index (χ0n) is 12.7. The Morgan fingerprint density at radius 3 is 2.38 bits per heavy atom. The van der Waals surface area contributed by atoms with Crippen molar-refractivity contribution in [1.82, 2.24) is 0 Å². The predicted molar refractivity (Wildman–Crippen MR) is 76.9 cm³/mol. The van der Waals surface area contributed by atoms with E-state index in [1.807, 2.05) is 0 Å². The van der Waals surface area contributed by atoms with Crippen molar-refractivity contribution in [2.45, 2.75) is 57.5 Å². The molecule has 0 bridgehead atoms. The lowest BCUT2D eigenvalue weighted by atomic mass is 9.77. The molecule has 1 aromatic rings. The second-order valence-corrected chi connectivity index (χ2v) is 5.97. The summed E-state index contributed by atoms with van der Waals surface area (Å²) in [4.78, 5) is 0. The zero-order valence-corrected chi connectivity index (χ0v) is 12.7. The van der Waals surface area contributed by atoms with E-state index >= 15 is 0 Å². The third-order valence-electron chi connectivity index (χ3n) is 4.58. The number of halogens is 3. The molecule has 1 nitrogen and oxygen atoms in total. The minimum absolute atomic E-state index is 0.290. The van der Waals surface area contributed by atoms with Gasteiger partial charge in [-0.05, 0) is 55.2 Å². The van der Waals surface area contributed by atoms with Crippen molar-refractivity contribution in [1.29, 1.82) is 0 Å². The maximum atomic E-state index is 13.9. The molecule has 1 aliphatic carbocycles. The summed E-state index contributed by atoms with van der Waals surface area (Å²) in [6.07, 6.45) is 3.21. The van der Waals surface area contributed by atoms with E-state index in [0.29, 0.717) is 0 Å². The summed E-state index contributed by atoms with van der Waals surface area (Å²) in [6, 6.07) is 4.04. The molecule has 0 unspecified atom stereocenters. The van der Waals surface area contributed by atoms with E-state index in [2.05, 4.69) is 11.7 Å². The molecule has 1 saturated carbocycles. The molecular formula is C17H23F3O. The van der Waals surface area contributed by atoms with Gasteiger partial charge < -0.3 is 4.74 Å². The summed E-state index contributed by atoms with van der Waals surface area (Å²) in [7, 11) is 0.877. The van der Waals surface area contributed by atoms with Crippen LogP contribution in [0.4, 0.5) is 13.2 Å². The van der Waals surface area contributed by atoms with Crippen LogP contribution in [0.15, 0.2) is 18.2 Å². The van der Waals surface area contributed by atoms with Crippen LogP contribution in [0.1, 0.15) is 62.5 Å². The Balaban J connectivity index is 2.08. The summed E-state index contributed by atoms with van der Waals surface area (Å²) in [6.45, 7) is 2.19. The van der Waals surface area contributed by atoms with Crippen molar-refractivity contribution in [2.24, 2.45) is 5.92 Å². The summed E-state index contributed by atoms with van der Waals surface area (Å²) in [5.41, 5.74) is 0.145. The van der Waals surface area contributed by atoms with Crippen molar-refractivity contribution in [3.8, 4) is 0 Å². The Morgan fingerprint density at radius 1 is 1.19 bits per heavy atom. The van der Waals surface area contributed by atoms with Crippen LogP contribution >= 0.6 is 0 Å². The maximum Gasteiger partial charge on any atom is 0.385 e. The number of methoxy groups -OCH3 is 1. The molecule has 0 radical (unpaired) electrons. The lowest BCUT2D eigenvalue weighted by molar-refractivity contribution is -0.233. The molecule has 1 fully saturated rings. The fraction of sp³-hybridized carbons (Fsp3) is 0.647. The zero-order chi connectivity index (χ0) is 15.5. The van der Waals surface area contributed by atoms with Gasteiger partial charge in [0.2, 0.25) is 0 Å². The van der Waals surface area contributed by atoms with E-state index in [1.165, 1.54) is 18.9 Å². The van der Waals surface area contributed by atoms with Gasteiger partial charge in [0.15, 0.2) is 0 Å². The predicted octanol–water partition coefficient (Wildman–Crippen LogP) is 5.60. The molecule has 1 aromatic carbocycles. The molecule has 118 valence electrons. The highest BCUT2D eigenvalue weighted by Crippen LogP contribution is 2.39. The largest absolute Gasteiger partial charge is 0.385 e. The van der Waals surface area contributed by atoms with E-state index in [0.717, 1.165) is 50.3 Å². The first-order chi connectivity index (χ1) is 9.97. The average Bonchev–Trinajstić information content (AvgIpc) is 2.48. The van der Waals surface area contributed by atoms with E-state index in [1.54, 1.807) is 6.07 Å². The van der Waals surface area contributed by atoms with Gasteiger partial charge in [0.25, 0.3) is 0 Å². The topological polar surface area (TPSA) is 9.23 Å². The number of hydrogen-bond acceptors (Lipinski definition) is 1. The number of hydrogen-bond donors (Lipinski definition) is 0. The molecule has 0 atom stereocenters. The van der Waals surface area contributed by atoms with Crippen LogP contribution in [0.2, 0.25) is 0 Å². The molecule has 2 rings (SSSR count). The van der Waals surface area contributed by atoms with Crippen LogP contribution in [0, 0.1) is 11.7 Å². The molecule has 0 amide bonds. The van der Waals surface area contributed by atoms with E-state index in [9.17, 15) is 13.2 Å². The van der Waals surface area contributed by atoms with Crippen molar-refractivity contribution in [3.05, 3.63) is 35.1 Å². The van der Waals surface area contributed by atoms with Crippen LogP contribution < -0.4 is 0 Å². The fourth-order valence-electron chi connectivity index (χ4n) is 3.32. The highest BCUT2D eigenvalue weighted by Gasteiger charge is 2.35. The maximum absolute atomic E-state index is 13.9. The van der Waals surface area contributed by atoms with Crippen LogP contribution in [0.5, 0.6) is 0 Å². The molecule has 0 N–H and O–H groups in total. The normalized spacial score (nSPS) is 23.3. The second-order valence-electron chi connectivity index (χ2n) is 5.97. The molecule has 0 aromatic heterocycles. The summed E-state index contributed by atoms with van der Waals surface area (Å²) < 4.78 is 44.8. The van der Waals surface area contributed by atoms with Gasteiger partial charge in [-0.3, -0.25) is 0 Å². The first kappa shape index (κ1) is 16.3. The summed E-state index contributed by atoms with van der Waals surface area (Å²) in [5.74, 6) is 0.182. The van der Waals surface area contributed by atoms with Crippen molar-refractivity contribution < 1.29 is 17.9 Å². The quantitative estimate of drug-likeness (QED) is 0.688. The standard InChI is InChI=1S/C17H23F3O/c1-3-4-12-5-7-13(8-6-12)14-9-10-15(16(18)11-14)17(19,20)21-2/h9-13H,3-8H2,1-2H3. The summed E-state index contributed by atoms with van der Waals surface area (Å²) >= 11 is 0. The summed E-state index contributed by atoms with van der Waals surface area (Å²) in [5, 5.41) is 0. The minimum atomic E-state index is -3.57. The number of rotatable bonds is 5. The van der Waals surface area contributed by atoms with Gasteiger partial charge in [-0.15, -0.1) is 0 Å². The molecule has 0 heterocycles. The van der Waals surface area contributed by atoms with Crippen molar-refractivity contribution in [3.63, 3.8) is 0 Å². The highest BCUT2D eigenvalue weighted by atomic mass is 19.3.